The minimum atomic E-state index is -0.0374. The van der Waals surface area contributed by atoms with Gasteiger partial charge in [-0.15, -0.1) is 0 Å². The second-order valence-electron chi connectivity index (χ2n) is 9.74. The van der Waals surface area contributed by atoms with E-state index in [1.165, 1.54) is 55.6 Å². The fourth-order valence-electron chi connectivity index (χ4n) is 5.73. The van der Waals surface area contributed by atoms with Crippen LogP contribution in [0.2, 0.25) is 0 Å². The van der Waals surface area contributed by atoms with E-state index in [0.717, 1.165) is 12.8 Å². The number of allylic oxidation sites excluding steroid dienone is 4. The molecule has 0 radical (unpaired) electrons. The molecule has 0 spiro atoms. The zero-order valence-corrected chi connectivity index (χ0v) is 22.3. The third kappa shape index (κ3) is 3.81. The second kappa shape index (κ2) is 9.12. The molecule has 1 heteroatoms. The van der Waals surface area contributed by atoms with Crippen LogP contribution < -0.4 is 0 Å². The summed E-state index contributed by atoms with van der Waals surface area (Å²) in [5.41, 5.74) is 13.9. The van der Waals surface area contributed by atoms with Crippen molar-refractivity contribution in [2.45, 2.75) is 32.1 Å². The molecule has 0 N–H and O–H groups in total. The molecule has 6 rings (SSSR count). The Morgan fingerprint density at radius 2 is 1.29 bits per heavy atom. The summed E-state index contributed by atoms with van der Waals surface area (Å²) in [5.74, 6) is 0. The van der Waals surface area contributed by atoms with Gasteiger partial charge in [0.05, 0.1) is 0 Å². The van der Waals surface area contributed by atoms with Crippen LogP contribution in [-0.2, 0) is 38.0 Å². The number of hydrogen-bond donors (Lipinski definition) is 0. The van der Waals surface area contributed by atoms with Crippen LogP contribution in [0.4, 0.5) is 0 Å². The fourth-order valence-corrected chi connectivity index (χ4v) is 5.73. The van der Waals surface area contributed by atoms with Crippen LogP contribution >= 0.6 is 0 Å². The molecule has 0 aromatic heterocycles. The molecule has 0 saturated carbocycles. The molecule has 0 nitrogen and oxygen atoms in total. The SMILES string of the molecule is CC(C)(C1=CC=CC1)c1c(-c2ccccc2)ccc2c1Cc1cc(-c3ccccc3)ccc1-2.[Zr]. The maximum atomic E-state index is 2.41. The van der Waals surface area contributed by atoms with Crippen LogP contribution in [0.5, 0.6) is 0 Å². The van der Waals surface area contributed by atoms with Crippen LogP contribution in [-0.4, -0.2) is 0 Å². The first-order chi connectivity index (χ1) is 16.1. The molecule has 0 saturated heterocycles. The van der Waals surface area contributed by atoms with E-state index in [4.69, 9.17) is 0 Å². The van der Waals surface area contributed by atoms with Crippen LogP contribution in [0.25, 0.3) is 33.4 Å². The molecule has 0 unspecified atom stereocenters. The summed E-state index contributed by atoms with van der Waals surface area (Å²) in [5, 5.41) is 0. The number of hydrogen-bond acceptors (Lipinski definition) is 0. The van der Waals surface area contributed by atoms with Crippen molar-refractivity contribution in [3.05, 3.63) is 131 Å². The van der Waals surface area contributed by atoms with E-state index in [-0.39, 0.29) is 31.6 Å². The normalized spacial score (nSPS) is 13.8. The summed E-state index contributed by atoms with van der Waals surface area (Å²) in [6.45, 7) is 4.82. The third-order valence-corrected chi connectivity index (χ3v) is 7.47. The van der Waals surface area contributed by atoms with Gasteiger partial charge in [-0.05, 0) is 62.9 Å². The molecular formula is C33H28Zr. The fraction of sp³-hybridized carbons (Fsp3) is 0.152. The first kappa shape index (κ1) is 23.0. The van der Waals surface area contributed by atoms with Gasteiger partial charge >= 0.3 is 0 Å². The van der Waals surface area contributed by atoms with Gasteiger partial charge in [0, 0.05) is 31.6 Å². The molecule has 0 heterocycles. The third-order valence-electron chi connectivity index (χ3n) is 7.47. The van der Waals surface area contributed by atoms with Crippen molar-refractivity contribution in [1.82, 2.24) is 0 Å². The second-order valence-corrected chi connectivity index (χ2v) is 9.74. The van der Waals surface area contributed by atoms with E-state index in [2.05, 4.69) is 123 Å². The topological polar surface area (TPSA) is 0 Å². The van der Waals surface area contributed by atoms with Crippen LogP contribution in [0, 0.1) is 0 Å². The summed E-state index contributed by atoms with van der Waals surface area (Å²) in [6, 6.07) is 33.3. The summed E-state index contributed by atoms with van der Waals surface area (Å²) in [6.07, 6.45) is 8.85. The number of fused-ring (bicyclic) bond motifs is 3. The average molecular weight is 516 g/mol. The zero-order chi connectivity index (χ0) is 22.4. The van der Waals surface area contributed by atoms with Crippen molar-refractivity contribution in [1.29, 1.82) is 0 Å². The molecule has 4 aromatic carbocycles. The quantitative estimate of drug-likeness (QED) is 0.224. The predicted molar refractivity (Wildman–Crippen MR) is 140 cm³/mol. The summed E-state index contributed by atoms with van der Waals surface area (Å²) in [7, 11) is 0. The summed E-state index contributed by atoms with van der Waals surface area (Å²) in [4.78, 5) is 0. The maximum Gasteiger partial charge on any atom is 0.0120 e. The molecule has 164 valence electrons. The Labute approximate surface area is 222 Å². The van der Waals surface area contributed by atoms with Crippen molar-refractivity contribution in [3.63, 3.8) is 0 Å². The summed E-state index contributed by atoms with van der Waals surface area (Å²) < 4.78 is 0. The predicted octanol–water partition coefficient (Wildman–Crippen LogP) is 8.75. The van der Waals surface area contributed by atoms with Gasteiger partial charge in [-0.25, -0.2) is 0 Å². The Bertz CT molecular complexity index is 1410. The Balaban J connectivity index is 0.00000241. The van der Waals surface area contributed by atoms with Crippen LogP contribution in [0.1, 0.15) is 37.0 Å². The first-order valence-electron chi connectivity index (χ1n) is 11.9. The van der Waals surface area contributed by atoms with E-state index in [1.807, 2.05) is 0 Å². The van der Waals surface area contributed by atoms with Crippen LogP contribution in [0.15, 0.2) is 115 Å². The number of rotatable bonds is 4. The van der Waals surface area contributed by atoms with Gasteiger partial charge in [0.15, 0.2) is 0 Å². The monoisotopic (exact) mass is 514 g/mol. The van der Waals surface area contributed by atoms with Crippen molar-refractivity contribution in [3.8, 4) is 33.4 Å². The van der Waals surface area contributed by atoms with E-state index in [1.54, 1.807) is 0 Å². The molecule has 2 aliphatic carbocycles. The van der Waals surface area contributed by atoms with Crippen molar-refractivity contribution in [2.24, 2.45) is 0 Å². The van der Waals surface area contributed by atoms with E-state index in [0.29, 0.717) is 0 Å². The van der Waals surface area contributed by atoms with Gasteiger partial charge in [-0.3, -0.25) is 0 Å². The molecule has 0 atom stereocenters. The molecule has 0 fully saturated rings. The van der Waals surface area contributed by atoms with Crippen molar-refractivity contribution in [2.75, 3.05) is 0 Å². The Kier molecular flexibility index (Phi) is 6.17. The minimum absolute atomic E-state index is 0. The van der Waals surface area contributed by atoms with Gasteiger partial charge < -0.3 is 0 Å². The maximum absolute atomic E-state index is 2.41. The Morgan fingerprint density at radius 3 is 1.97 bits per heavy atom. The smallest absolute Gasteiger partial charge is 0.0120 e. The molecule has 34 heavy (non-hydrogen) atoms. The molecule has 2 aliphatic rings. The van der Waals surface area contributed by atoms with E-state index >= 15 is 0 Å². The largest absolute Gasteiger partial charge is 0.0804 e. The molecule has 4 aromatic rings. The van der Waals surface area contributed by atoms with Gasteiger partial charge in [0.2, 0.25) is 0 Å². The Hall–Kier alpha value is -2.76. The number of benzene rings is 4. The standard InChI is InChI=1S/C33H28.Zr/c1-33(2,27-15-9-10-16-27)32-29(24-13-7-4-8-14-24)19-20-30-28-18-17-25(21-26(28)22-31(30)32)23-11-5-3-6-12-23;/h3-15,17-21H,16,22H2,1-2H3;. The minimum Gasteiger partial charge on any atom is -0.0804 e. The molecule has 0 aliphatic heterocycles. The van der Waals surface area contributed by atoms with E-state index < -0.39 is 0 Å². The molecular weight excluding hydrogens is 488 g/mol. The van der Waals surface area contributed by atoms with Crippen molar-refractivity contribution < 1.29 is 26.2 Å². The summed E-state index contributed by atoms with van der Waals surface area (Å²) >= 11 is 0. The van der Waals surface area contributed by atoms with Gasteiger partial charge in [-0.1, -0.05) is 129 Å². The average Bonchev–Trinajstić information content (AvgIpc) is 3.53. The molecule has 0 bridgehead atoms. The van der Waals surface area contributed by atoms with E-state index in [9.17, 15) is 0 Å². The molecule has 0 amide bonds. The zero-order valence-electron chi connectivity index (χ0n) is 19.8. The Morgan fingerprint density at radius 1 is 0.647 bits per heavy atom. The van der Waals surface area contributed by atoms with Crippen LogP contribution in [0.3, 0.4) is 0 Å². The van der Waals surface area contributed by atoms with Crippen molar-refractivity contribution >= 4 is 0 Å². The van der Waals surface area contributed by atoms with Gasteiger partial charge in [-0.2, -0.15) is 0 Å². The van der Waals surface area contributed by atoms with Gasteiger partial charge in [0.1, 0.15) is 0 Å². The first-order valence-corrected chi connectivity index (χ1v) is 11.9. The van der Waals surface area contributed by atoms with Gasteiger partial charge in [0.25, 0.3) is 0 Å².